The molecule has 1 aliphatic heterocycles. The molecule has 3 N–H and O–H groups in total. The maximum atomic E-state index is 12.7. The van der Waals surface area contributed by atoms with Crippen molar-refractivity contribution in [1.82, 2.24) is 9.62 Å². The number of thiophene rings is 1. The number of aliphatic hydroxyl groups excluding tert-OH is 1. The molecule has 12 heteroatoms. The average Bonchev–Trinajstić information content (AvgIpc) is 3.22. The summed E-state index contributed by atoms with van der Waals surface area (Å²) in [5, 5.41) is 16.0. The van der Waals surface area contributed by atoms with Crippen LogP contribution in [0.3, 0.4) is 0 Å². The van der Waals surface area contributed by atoms with Crippen molar-refractivity contribution in [2.45, 2.75) is 23.8 Å². The zero-order chi connectivity index (χ0) is 22.6. The molecule has 31 heavy (non-hydrogen) atoms. The highest BCUT2D eigenvalue weighted by Crippen LogP contribution is 2.25. The molecule has 0 unspecified atom stereocenters. The Morgan fingerprint density at radius 2 is 1.74 bits per heavy atom. The largest absolute Gasteiger partial charge is 0.453 e. The summed E-state index contributed by atoms with van der Waals surface area (Å²) < 4.78 is 31.1. The fourth-order valence-electron chi connectivity index (χ4n) is 2.98. The second kappa shape index (κ2) is 9.56. The summed E-state index contributed by atoms with van der Waals surface area (Å²) in [5.74, 6) is -1.27. The molecule has 2 aromatic rings. The molecule has 1 aliphatic rings. The maximum absolute atomic E-state index is 12.7. The Labute approximate surface area is 182 Å². The van der Waals surface area contributed by atoms with Crippen molar-refractivity contribution in [3.63, 3.8) is 0 Å². The topological polar surface area (TPSA) is 142 Å². The van der Waals surface area contributed by atoms with Crippen LogP contribution in [-0.4, -0.2) is 62.0 Å². The molecule has 1 aromatic heterocycles. The number of carbonyl (C=O) groups is 3. The van der Waals surface area contributed by atoms with Gasteiger partial charge in [0.25, 0.3) is 11.8 Å². The van der Waals surface area contributed by atoms with Gasteiger partial charge >= 0.3 is 6.09 Å². The first-order valence-corrected chi connectivity index (χ1v) is 11.6. The molecular formula is C19H21N3O7S2. The number of ether oxygens (including phenoxy) is 1. The van der Waals surface area contributed by atoms with E-state index >= 15 is 0 Å². The molecular weight excluding hydrogens is 446 g/mol. The van der Waals surface area contributed by atoms with Crippen molar-refractivity contribution in [3.05, 3.63) is 46.8 Å². The zero-order valence-corrected chi connectivity index (χ0v) is 18.2. The number of sulfonamides is 1. The van der Waals surface area contributed by atoms with E-state index in [0.29, 0.717) is 12.8 Å². The van der Waals surface area contributed by atoms with Gasteiger partial charge in [0.05, 0.1) is 23.7 Å². The minimum atomic E-state index is -3.71. The van der Waals surface area contributed by atoms with Crippen LogP contribution >= 0.6 is 11.3 Å². The molecule has 1 aromatic carbocycles. The van der Waals surface area contributed by atoms with Gasteiger partial charge in [-0.2, -0.15) is 4.31 Å². The number of alkyl carbamates (subject to hydrolysis) is 1. The average molecular weight is 468 g/mol. The normalized spacial score (nSPS) is 15.3. The van der Waals surface area contributed by atoms with Crippen LogP contribution in [0.5, 0.6) is 0 Å². The highest BCUT2D eigenvalue weighted by atomic mass is 32.2. The predicted octanol–water partition coefficient (Wildman–Crippen LogP) is 1.64. The van der Waals surface area contributed by atoms with E-state index in [9.17, 15) is 27.9 Å². The van der Waals surface area contributed by atoms with Gasteiger partial charge < -0.3 is 15.2 Å². The maximum Gasteiger partial charge on any atom is 0.413 e. The fourth-order valence-corrected chi connectivity index (χ4v) is 5.23. The molecule has 1 saturated heterocycles. The van der Waals surface area contributed by atoms with Crippen LogP contribution in [0.2, 0.25) is 0 Å². The lowest BCUT2D eigenvalue weighted by atomic mass is 10.1. The van der Waals surface area contributed by atoms with Gasteiger partial charge in [0, 0.05) is 18.7 Å². The smallest absolute Gasteiger partial charge is 0.413 e. The molecule has 0 saturated carbocycles. The highest BCUT2D eigenvalue weighted by molar-refractivity contribution is 7.89. The number of carbonyl (C=O) groups excluding carboxylic acids is 3. The van der Waals surface area contributed by atoms with E-state index < -0.39 is 34.0 Å². The van der Waals surface area contributed by atoms with Crippen molar-refractivity contribution >= 4 is 44.3 Å². The van der Waals surface area contributed by atoms with E-state index in [0.717, 1.165) is 18.4 Å². The number of hydrogen-bond donors (Lipinski definition) is 3. The number of rotatable bonds is 5. The first-order valence-electron chi connectivity index (χ1n) is 9.29. The Kier molecular flexibility index (Phi) is 7.05. The molecule has 3 amide bonds. The van der Waals surface area contributed by atoms with E-state index in [2.05, 4.69) is 10.1 Å². The lowest BCUT2D eigenvalue weighted by Gasteiger charge is -2.28. The lowest BCUT2D eigenvalue weighted by Crippen LogP contribution is -2.39. The quantitative estimate of drug-likeness (QED) is 0.607. The van der Waals surface area contributed by atoms with Crippen LogP contribution in [0, 0.1) is 0 Å². The molecule has 0 atom stereocenters. The molecule has 2 heterocycles. The minimum absolute atomic E-state index is 0.0507. The Bertz CT molecular complexity index is 1070. The summed E-state index contributed by atoms with van der Waals surface area (Å²) in [6.07, 6.45) is -0.651. The molecule has 0 aliphatic carbocycles. The molecule has 0 spiro atoms. The number of nitrogens with one attached hydrogen (secondary N) is 2. The van der Waals surface area contributed by atoms with Gasteiger partial charge in [0.1, 0.15) is 5.00 Å². The lowest BCUT2D eigenvalue weighted by molar-refractivity contribution is 0.0937. The number of amides is 3. The van der Waals surface area contributed by atoms with Crippen LogP contribution in [0.4, 0.5) is 9.80 Å². The van der Waals surface area contributed by atoms with E-state index in [1.165, 1.54) is 34.6 Å². The van der Waals surface area contributed by atoms with Crippen LogP contribution < -0.4 is 10.6 Å². The minimum Gasteiger partial charge on any atom is -0.453 e. The molecule has 0 radical (unpaired) electrons. The van der Waals surface area contributed by atoms with Gasteiger partial charge in [0.2, 0.25) is 10.0 Å². The van der Waals surface area contributed by atoms with Crippen molar-refractivity contribution in [1.29, 1.82) is 0 Å². The molecule has 3 rings (SSSR count). The van der Waals surface area contributed by atoms with Crippen molar-refractivity contribution in [3.8, 4) is 0 Å². The number of aliphatic hydroxyl groups is 1. The fraction of sp³-hybridized carbons (Fsp3) is 0.316. The molecule has 166 valence electrons. The zero-order valence-electron chi connectivity index (χ0n) is 16.5. The van der Waals surface area contributed by atoms with Crippen LogP contribution in [-0.2, 0) is 14.8 Å². The summed E-state index contributed by atoms with van der Waals surface area (Å²) in [7, 11) is -2.59. The first kappa shape index (κ1) is 22.9. The van der Waals surface area contributed by atoms with Gasteiger partial charge in [-0.15, -0.1) is 11.3 Å². The van der Waals surface area contributed by atoms with Gasteiger partial charge in [-0.25, -0.2) is 13.2 Å². The number of benzene rings is 1. The second-order valence-electron chi connectivity index (χ2n) is 6.72. The standard InChI is InChI=1S/C19H21N3O7S2/c1-29-19(26)21-17(25)15-8-11-30-18(15)20-16(24)12-2-4-14(5-3-12)31(27,28)22-9-6-13(23)7-10-22/h2-5,8,11,13,23H,6-7,9-10H2,1H3,(H,20,24)(H,21,25,26). The summed E-state index contributed by atoms with van der Waals surface area (Å²) in [6.45, 7) is 0.473. The van der Waals surface area contributed by atoms with Gasteiger partial charge in [-0.05, 0) is 48.6 Å². The molecule has 1 fully saturated rings. The van der Waals surface area contributed by atoms with Gasteiger partial charge in [-0.3, -0.25) is 14.9 Å². The SMILES string of the molecule is COC(=O)NC(=O)c1ccsc1NC(=O)c1ccc(S(=O)(=O)N2CCC(O)CC2)cc1. The number of hydrogen-bond acceptors (Lipinski definition) is 8. The third kappa shape index (κ3) is 5.28. The Morgan fingerprint density at radius 1 is 1.10 bits per heavy atom. The Morgan fingerprint density at radius 3 is 2.35 bits per heavy atom. The summed E-state index contributed by atoms with van der Waals surface area (Å²) in [5.41, 5.74) is 0.288. The van der Waals surface area contributed by atoms with E-state index in [1.54, 1.807) is 5.38 Å². The second-order valence-corrected chi connectivity index (χ2v) is 9.58. The van der Waals surface area contributed by atoms with Crippen molar-refractivity contribution < 1.29 is 32.6 Å². The highest BCUT2D eigenvalue weighted by Gasteiger charge is 2.28. The summed E-state index contributed by atoms with van der Waals surface area (Å²) in [6, 6.07) is 6.89. The van der Waals surface area contributed by atoms with E-state index in [4.69, 9.17) is 0 Å². The van der Waals surface area contributed by atoms with Crippen molar-refractivity contribution in [2.24, 2.45) is 0 Å². The van der Waals surface area contributed by atoms with Gasteiger partial charge in [0.15, 0.2) is 0 Å². The Balaban J connectivity index is 1.70. The van der Waals surface area contributed by atoms with Crippen LogP contribution in [0.1, 0.15) is 33.6 Å². The first-order chi connectivity index (χ1) is 14.7. The Hall–Kier alpha value is -2.80. The monoisotopic (exact) mass is 467 g/mol. The number of anilines is 1. The summed E-state index contributed by atoms with van der Waals surface area (Å²) in [4.78, 5) is 35.9. The third-order valence-corrected chi connectivity index (χ3v) is 7.46. The molecule has 0 bridgehead atoms. The van der Waals surface area contributed by atoms with E-state index in [1.807, 2.05) is 5.32 Å². The third-order valence-electron chi connectivity index (χ3n) is 4.72. The van der Waals surface area contributed by atoms with Gasteiger partial charge in [-0.1, -0.05) is 0 Å². The predicted molar refractivity (Wildman–Crippen MR) is 113 cm³/mol. The van der Waals surface area contributed by atoms with Crippen molar-refractivity contribution in [2.75, 3.05) is 25.5 Å². The number of nitrogens with zero attached hydrogens (tertiary/aromatic N) is 1. The van der Waals surface area contributed by atoms with E-state index in [-0.39, 0.29) is 34.1 Å². The van der Waals surface area contributed by atoms with Crippen LogP contribution in [0.25, 0.3) is 0 Å². The summed E-state index contributed by atoms with van der Waals surface area (Å²) >= 11 is 1.09. The molecule has 10 nitrogen and oxygen atoms in total. The number of piperidine rings is 1. The number of imide groups is 1. The number of methoxy groups -OCH3 is 1. The van der Waals surface area contributed by atoms with Crippen LogP contribution in [0.15, 0.2) is 40.6 Å².